The Morgan fingerprint density at radius 2 is 1.97 bits per heavy atom. The number of aliphatic carboxylic acids is 1. The third kappa shape index (κ3) is 3.25. The maximum absolute atomic E-state index is 12.7. The molecule has 8 heteroatoms. The number of carbonyl (C=O) groups is 3. The lowest BCUT2D eigenvalue weighted by molar-refractivity contribution is -0.308. The molecular formula is C26H31O8-. The molecule has 1 aromatic heterocycles. The number of carbonyl (C=O) groups excluding carboxylic acids is 3. The molecule has 1 aromatic rings. The zero-order chi connectivity index (χ0) is 24.5. The Kier molecular flexibility index (Phi) is 5.24. The van der Waals surface area contributed by atoms with E-state index in [9.17, 15) is 19.5 Å². The number of carboxylic acids is 1. The number of furan rings is 1. The Labute approximate surface area is 198 Å². The summed E-state index contributed by atoms with van der Waals surface area (Å²) in [5.74, 6) is -2.29. The number of allylic oxidation sites excluding steroid dienone is 1. The lowest BCUT2D eigenvalue weighted by Gasteiger charge is -2.54. The van der Waals surface area contributed by atoms with E-state index in [1.807, 2.05) is 26.8 Å². The summed E-state index contributed by atoms with van der Waals surface area (Å²) in [5.41, 5.74) is 1.01. The molecule has 3 aliphatic heterocycles. The van der Waals surface area contributed by atoms with Gasteiger partial charge in [0.2, 0.25) is 0 Å². The molecule has 34 heavy (non-hydrogen) atoms. The number of carboxylic acid groups (broad SMARTS) is 1. The Hall–Kier alpha value is -2.61. The number of ether oxygens (including phenoxy) is 3. The Balaban J connectivity index is 1.63. The highest BCUT2D eigenvalue weighted by atomic mass is 16.6. The van der Waals surface area contributed by atoms with E-state index in [0.717, 1.165) is 29.6 Å². The molecule has 8 nitrogen and oxygen atoms in total. The second-order valence-corrected chi connectivity index (χ2v) is 11.1. The van der Waals surface area contributed by atoms with Gasteiger partial charge in [0.1, 0.15) is 12.7 Å². The molecule has 1 aliphatic carbocycles. The maximum atomic E-state index is 12.7. The summed E-state index contributed by atoms with van der Waals surface area (Å²) in [4.78, 5) is 36.8. The summed E-state index contributed by atoms with van der Waals surface area (Å²) < 4.78 is 23.1. The van der Waals surface area contributed by atoms with Gasteiger partial charge in [0.25, 0.3) is 0 Å². The molecule has 3 saturated heterocycles. The highest BCUT2D eigenvalue weighted by molar-refractivity contribution is 5.76. The van der Waals surface area contributed by atoms with Crippen LogP contribution in [0.3, 0.4) is 0 Å². The van der Waals surface area contributed by atoms with Gasteiger partial charge in [0.15, 0.2) is 0 Å². The quantitative estimate of drug-likeness (QED) is 0.486. The van der Waals surface area contributed by atoms with Crippen LogP contribution in [-0.4, -0.2) is 36.2 Å². The van der Waals surface area contributed by atoms with Crippen LogP contribution >= 0.6 is 0 Å². The number of rotatable bonds is 4. The van der Waals surface area contributed by atoms with Crippen molar-refractivity contribution in [1.29, 1.82) is 0 Å². The minimum atomic E-state index is -1.15. The number of hydrogen-bond donors (Lipinski definition) is 0. The molecule has 0 bridgehead atoms. The highest BCUT2D eigenvalue weighted by Crippen LogP contribution is 2.64. The van der Waals surface area contributed by atoms with Crippen molar-refractivity contribution in [3.05, 3.63) is 35.3 Å². The van der Waals surface area contributed by atoms with Gasteiger partial charge >= 0.3 is 11.9 Å². The largest absolute Gasteiger partial charge is 0.550 e. The van der Waals surface area contributed by atoms with Crippen molar-refractivity contribution in [1.82, 2.24) is 0 Å². The van der Waals surface area contributed by atoms with E-state index in [2.05, 4.69) is 6.92 Å². The Bertz CT molecular complexity index is 1050. The van der Waals surface area contributed by atoms with Crippen LogP contribution in [-0.2, 0) is 28.6 Å². The number of esters is 2. The van der Waals surface area contributed by atoms with Crippen molar-refractivity contribution in [3.63, 3.8) is 0 Å². The number of fused-ring (bicyclic) bond motifs is 2. The van der Waals surface area contributed by atoms with Gasteiger partial charge in [0, 0.05) is 28.3 Å². The topological polar surface area (TPSA) is 115 Å². The summed E-state index contributed by atoms with van der Waals surface area (Å²) in [7, 11) is 0. The zero-order valence-corrected chi connectivity index (χ0v) is 20.1. The van der Waals surface area contributed by atoms with Crippen LogP contribution in [0.2, 0.25) is 0 Å². The van der Waals surface area contributed by atoms with Gasteiger partial charge in [-0.2, -0.15) is 0 Å². The molecule has 6 unspecified atom stereocenters. The second kappa shape index (κ2) is 7.70. The number of cyclic esters (lactones) is 2. The zero-order valence-electron chi connectivity index (χ0n) is 20.1. The average Bonchev–Trinajstić information content (AvgIpc) is 3.35. The SMILES string of the molecule is CC1=C2CC(=O)OC(c3ccoc3)C2(C)CCC1C12COC(=O)CC1OC(C)(C)C2CC(=O)[O-]. The third-order valence-electron chi connectivity index (χ3n) is 9.02. The fourth-order valence-electron chi connectivity index (χ4n) is 7.52. The molecule has 4 heterocycles. The monoisotopic (exact) mass is 471 g/mol. The van der Waals surface area contributed by atoms with Gasteiger partial charge in [-0.25, -0.2) is 0 Å². The van der Waals surface area contributed by atoms with Crippen LogP contribution < -0.4 is 5.11 Å². The van der Waals surface area contributed by atoms with E-state index in [-0.39, 0.29) is 43.7 Å². The predicted octanol–water partition coefficient (Wildman–Crippen LogP) is 2.87. The lowest BCUT2D eigenvalue weighted by Crippen LogP contribution is -2.55. The van der Waals surface area contributed by atoms with Gasteiger partial charge < -0.3 is 28.5 Å². The van der Waals surface area contributed by atoms with E-state index in [4.69, 9.17) is 18.6 Å². The normalized spacial score (nSPS) is 39.2. The van der Waals surface area contributed by atoms with Gasteiger partial charge in [0.05, 0.1) is 37.1 Å². The molecule has 0 amide bonds. The molecule has 5 rings (SSSR count). The first-order valence-electron chi connectivity index (χ1n) is 11.9. The van der Waals surface area contributed by atoms with Crippen molar-refractivity contribution < 1.29 is 38.1 Å². The minimum Gasteiger partial charge on any atom is -0.550 e. The molecule has 3 fully saturated rings. The molecule has 0 N–H and O–H groups in total. The summed E-state index contributed by atoms with van der Waals surface area (Å²) >= 11 is 0. The van der Waals surface area contributed by atoms with Gasteiger partial charge in [-0.1, -0.05) is 12.5 Å². The summed E-state index contributed by atoms with van der Waals surface area (Å²) in [6, 6.07) is 1.83. The average molecular weight is 472 g/mol. The molecule has 184 valence electrons. The molecule has 0 spiro atoms. The molecular weight excluding hydrogens is 440 g/mol. The first-order valence-corrected chi connectivity index (χ1v) is 11.9. The number of hydrogen-bond acceptors (Lipinski definition) is 8. The lowest BCUT2D eigenvalue weighted by atomic mass is 9.52. The fraction of sp³-hybridized carbons (Fsp3) is 0.654. The first kappa shape index (κ1) is 23.1. The molecule has 0 aromatic carbocycles. The van der Waals surface area contributed by atoms with E-state index in [1.165, 1.54) is 0 Å². The maximum Gasteiger partial charge on any atom is 0.310 e. The van der Waals surface area contributed by atoms with Gasteiger partial charge in [-0.05, 0) is 57.6 Å². The van der Waals surface area contributed by atoms with Crippen LogP contribution in [0, 0.1) is 22.7 Å². The van der Waals surface area contributed by atoms with E-state index in [0.29, 0.717) is 0 Å². The smallest absolute Gasteiger partial charge is 0.310 e. The summed E-state index contributed by atoms with van der Waals surface area (Å²) in [5, 5.41) is 11.8. The van der Waals surface area contributed by atoms with Crippen LogP contribution in [0.5, 0.6) is 0 Å². The summed E-state index contributed by atoms with van der Waals surface area (Å²) in [6.45, 7) is 8.02. The molecule has 0 radical (unpaired) electrons. The van der Waals surface area contributed by atoms with Gasteiger partial charge in [-0.3, -0.25) is 9.59 Å². The van der Waals surface area contributed by atoms with E-state index >= 15 is 0 Å². The first-order chi connectivity index (χ1) is 16.0. The minimum absolute atomic E-state index is 0.0864. The summed E-state index contributed by atoms with van der Waals surface area (Å²) in [6.07, 6.45) is 3.83. The highest BCUT2D eigenvalue weighted by Gasteiger charge is 2.66. The standard InChI is InChI=1S/C26H32O8/c1-14-16(5-7-25(4)17(14)9-22(30)33-23(25)15-6-8-31-12-15)26-13-32-21(29)11-19(26)34-24(2,3)18(26)10-20(27)28/h6,8,12,16,18-19,23H,5,7,9-11,13H2,1-4H3,(H,27,28)/p-1. The van der Waals surface area contributed by atoms with Crippen LogP contribution in [0.25, 0.3) is 0 Å². The van der Waals surface area contributed by atoms with E-state index in [1.54, 1.807) is 12.5 Å². The molecule has 4 aliphatic rings. The second-order valence-electron chi connectivity index (χ2n) is 11.1. The van der Waals surface area contributed by atoms with Crippen molar-refractivity contribution in [3.8, 4) is 0 Å². The van der Waals surface area contributed by atoms with Crippen molar-refractivity contribution in [2.75, 3.05) is 6.61 Å². The van der Waals surface area contributed by atoms with Crippen molar-refractivity contribution in [2.45, 2.75) is 77.6 Å². The van der Waals surface area contributed by atoms with Crippen LogP contribution in [0.15, 0.2) is 34.2 Å². The Morgan fingerprint density at radius 1 is 1.21 bits per heavy atom. The van der Waals surface area contributed by atoms with Crippen LogP contribution in [0.4, 0.5) is 0 Å². The van der Waals surface area contributed by atoms with Crippen molar-refractivity contribution in [2.24, 2.45) is 22.7 Å². The molecule has 6 atom stereocenters. The van der Waals surface area contributed by atoms with Crippen molar-refractivity contribution >= 4 is 17.9 Å². The van der Waals surface area contributed by atoms with Gasteiger partial charge in [-0.15, -0.1) is 0 Å². The van der Waals surface area contributed by atoms with Crippen LogP contribution in [0.1, 0.15) is 71.5 Å². The third-order valence-corrected chi connectivity index (χ3v) is 9.02. The molecule has 0 saturated carbocycles. The fourth-order valence-corrected chi connectivity index (χ4v) is 7.52. The van der Waals surface area contributed by atoms with E-state index < -0.39 is 40.5 Å². The predicted molar refractivity (Wildman–Crippen MR) is 116 cm³/mol. The Morgan fingerprint density at radius 3 is 2.65 bits per heavy atom.